The number of carboxylic acids is 2. The minimum atomic E-state index is -1.15. The minimum Gasteiger partial charge on any atom is -0.477 e. The molecule has 1 atom stereocenters. The van der Waals surface area contributed by atoms with E-state index < -0.39 is 17.4 Å². The van der Waals surface area contributed by atoms with E-state index >= 15 is 0 Å². The van der Waals surface area contributed by atoms with E-state index in [0.717, 1.165) is 0 Å². The third kappa shape index (κ3) is 1.93. The van der Waals surface area contributed by atoms with Crippen molar-refractivity contribution in [2.75, 3.05) is 0 Å². The maximum absolute atomic E-state index is 11.0. The quantitative estimate of drug-likeness (QED) is 0.674. The van der Waals surface area contributed by atoms with E-state index in [1.807, 2.05) is 13.8 Å². The van der Waals surface area contributed by atoms with Crippen LogP contribution in [-0.4, -0.2) is 22.2 Å². The smallest absolute Gasteiger partial charge is 0.352 e. The summed E-state index contributed by atoms with van der Waals surface area (Å²) in [6.07, 6.45) is 2.21. The Kier molecular flexibility index (Phi) is 3.07. The highest BCUT2D eigenvalue weighted by atomic mass is 16.4. The Balaban J connectivity index is 3.28. The van der Waals surface area contributed by atoms with Gasteiger partial charge in [0.15, 0.2) is 0 Å². The van der Waals surface area contributed by atoms with Crippen molar-refractivity contribution in [3.8, 4) is 0 Å². The lowest BCUT2D eigenvalue weighted by molar-refractivity contribution is -0.133. The molecular weight excluding hydrogens is 210 g/mol. The highest BCUT2D eigenvalue weighted by Gasteiger charge is 2.33. The molecule has 5 nitrogen and oxygen atoms in total. The normalized spacial score (nSPS) is 24.8. The number of allylic oxidation sites excluding steroid dienone is 2. The van der Waals surface area contributed by atoms with Crippen LogP contribution in [0.2, 0.25) is 0 Å². The van der Waals surface area contributed by atoms with Crippen molar-refractivity contribution in [1.82, 2.24) is 5.32 Å². The van der Waals surface area contributed by atoms with Crippen LogP contribution in [0.25, 0.3) is 0 Å². The standard InChI is InChI=1S/C11H15NO4/c1-4-11(3)5-7(9(13)14)12-8(6(11)2)10(15)16/h5,12H,4H2,1-3H3,(H,13,14)(H,15,16). The average molecular weight is 225 g/mol. The molecule has 5 heteroatoms. The fourth-order valence-corrected chi connectivity index (χ4v) is 1.67. The van der Waals surface area contributed by atoms with Crippen LogP contribution in [0.5, 0.6) is 0 Å². The van der Waals surface area contributed by atoms with Gasteiger partial charge in [0.1, 0.15) is 11.4 Å². The summed E-state index contributed by atoms with van der Waals surface area (Å²) in [4.78, 5) is 21.9. The molecule has 16 heavy (non-hydrogen) atoms. The molecule has 0 fully saturated rings. The van der Waals surface area contributed by atoms with Gasteiger partial charge < -0.3 is 15.5 Å². The summed E-state index contributed by atoms with van der Waals surface area (Å²) in [6.45, 7) is 5.42. The molecule has 0 bridgehead atoms. The Morgan fingerprint density at radius 2 is 1.94 bits per heavy atom. The molecular formula is C11H15NO4. The van der Waals surface area contributed by atoms with Gasteiger partial charge in [-0.3, -0.25) is 0 Å². The van der Waals surface area contributed by atoms with Crippen LogP contribution in [-0.2, 0) is 9.59 Å². The summed E-state index contributed by atoms with van der Waals surface area (Å²) >= 11 is 0. The number of carbonyl (C=O) groups is 2. The molecule has 0 aliphatic carbocycles. The number of hydrogen-bond acceptors (Lipinski definition) is 3. The van der Waals surface area contributed by atoms with Gasteiger partial charge >= 0.3 is 11.9 Å². The fourth-order valence-electron chi connectivity index (χ4n) is 1.67. The first kappa shape index (κ1) is 12.3. The van der Waals surface area contributed by atoms with Crippen LogP contribution < -0.4 is 5.32 Å². The van der Waals surface area contributed by atoms with Crippen LogP contribution in [0.3, 0.4) is 0 Å². The van der Waals surface area contributed by atoms with Crippen LogP contribution in [0.4, 0.5) is 0 Å². The molecule has 0 aromatic heterocycles. The van der Waals surface area contributed by atoms with Crippen molar-refractivity contribution in [2.24, 2.45) is 5.41 Å². The van der Waals surface area contributed by atoms with Gasteiger partial charge in [-0.25, -0.2) is 9.59 Å². The van der Waals surface area contributed by atoms with Crippen molar-refractivity contribution in [3.63, 3.8) is 0 Å². The maximum Gasteiger partial charge on any atom is 0.352 e. The first-order chi connectivity index (χ1) is 7.31. The number of rotatable bonds is 3. The lowest BCUT2D eigenvalue weighted by Gasteiger charge is -2.32. The Bertz CT molecular complexity index is 408. The molecule has 0 saturated carbocycles. The monoisotopic (exact) mass is 225 g/mol. The SMILES string of the molecule is CCC1(C)C=C(C(=O)O)NC(C(=O)O)=C1C. The minimum absolute atomic E-state index is 0.0377. The largest absolute Gasteiger partial charge is 0.477 e. The summed E-state index contributed by atoms with van der Waals surface area (Å²) in [7, 11) is 0. The van der Waals surface area contributed by atoms with Crippen molar-refractivity contribution in [2.45, 2.75) is 27.2 Å². The third-order valence-corrected chi connectivity index (χ3v) is 3.13. The maximum atomic E-state index is 11.0. The second kappa shape index (κ2) is 4.00. The number of aliphatic carboxylic acids is 2. The molecule has 0 radical (unpaired) electrons. The molecule has 0 aromatic rings. The van der Waals surface area contributed by atoms with Crippen molar-refractivity contribution >= 4 is 11.9 Å². The summed E-state index contributed by atoms with van der Waals surface area (Å²) < 4.78 is 0. The van der Waals surface area contributed by atoms with Gasteiger partial charge in [0, 0.05) is 5.41 Å². The lowest BCUT2D eigenvalue weighted by atomic mass is 9.77. The van der Waals surface area contributed by atoms with Crippen LogP contribution in [0.15, 0.2) is 23.0 Å². The summed E-state index contributed by atoms with van der Waals surface area (Å²) in [5, 5.41) is 20.3. The van der Waals surface area contributed by atoms with Crippen molar-refractivity contribution < 1.29 is 19.8 Å². The third-order valence-electron chi connectivity index (χ3n) is 3.13. The van der Waals surface area contributed by atoms with Crippen molar-refractivity contribution in [1.29, 1.82) is 0 Å². The molecule has 0 amide bonds. The van der Waals surface area contributed by atoms with E-state index in [4.69, 9.17) is 10.2 Å². The number of nitrogens with one attached hydrogen (secondary N) is 1. The summed E-state index contributed by atoms with van der Waals surface area (Å²) in [5.74, 6) is -2.28. The zero-order valence-electron chi connectivity index (χ0n) is 9.50. The molecule has 0 saturated heterocycles. The zero-order chi connectivity index (χ0) is 12.5. The van der Waals surface area contributed by atoms with Gasteiger partial charge in [0.05, 0.1) is 0 Å². The molecule has 3 N–H and O–H groups in total. The molecule has 0 spiro atoms. The highest BCUT2D eigenvalue weighted by molar-refractivity contribution is 5.93. The average Bonchev–Trinajstić information content (AvgIpc) is 2.21. The van der Waals surface area contributed by atoms with Crippen LogP contribution in [0.1, 0.15) is 27.2 Å². The van der Waals surface area contributed by atoms with Gasteiger partial charge in [0.25, 0.3) is 0 Å². The first-order valence-electron chi connectivity index (χ1n) is 4.99. The molecule has 0 aromatic carbocycles. The fraction of sp³-hybridized carbons (Fsp3) is 0.455. The summed E-state index contributed by atoms with van der Waals surface area (Å²) in [5.41, 5.74) is 0.0104. The molecule has 1 unspecified atom stereocenters. The second-order valence-electron chi connectivity index (χ2n) is 4.06. The molecule has 1 rings (SSSR count). The van der Waals surface area contributed by atoms with E-state index in [9.17, 15) is 9.59 Å². The Morgan fingerprint density at radius 1 is 1.38 bits per heavy atom. The highest BCUT2D eigenvalue weighted by Crippen LogP contribution is 2.37. The van der Waals surface area contributed by atoms with Crippen LogP contribution in [0, 0.1) is 5.41 Å². The Morgan fingerprint density at radius 3 is 2.31 bits per heavy atom. The van der Waals surface area contributed by atoms with E-state index in [1.165, 1.54) is 0 Å². The van der Waals surface area contributed by atoms with E-state index in [1.54, 1.807) is 13.0 Å². The van der Waals surface area contributed by atoms with Gasteiger partial charge in [-0.1, -0.05) is 13.8 Å². The molecule has 1 aliphatic rings. The topological polar surface area (TPSA) is 86.6 Å². The van der Waals surface area contributed by atoms with Crippen LogP contribution >= 0.6 is 0 Å². The molecule has 88 valence electrons. The summed E-state index contributed by atoms with van der Waals surface area (Å²) in [6, 6.07) is 0. The number of carboxylic acid groups (broad SMARTS) is 2. The van der Waals surface area contributed by atoms with E-state index in [0.29, 0.717) is 12.0 Å². The number of hydrogen-bond donors (Lipinski definition) is 3. The van der Waals surface area contributed by atoms with Gasteiger partial charge in [0.2, 0.25) is 0 Å². The second-order valence-corrected chi connectivity index (χ2v) is 4.06. The Labute approximate surface area is 93.5 Å². The molecule has 1 heterocycles. The van der Waals surface area contributed by atoms with E-state index in [-0.39, 0.29) is 11.4 Å². The van der Waals surface area contributed by atoms with Gasteiger partial charge in [-0.15, -0.1) is 0 Å². The van der Waals surface area contributed by atoms with E-state index in [2.05, 4.69) is 5.32 Å². The zero-order valence-corrected chi connectivity index (χ0v) is 9.50. The number of dihydropyridines is 1. The predicted octanol–water partition coefficient (Wildman–Crippen LogP) is 1.33. The first-order valence-corrected chi connectivity index (χ1v) is 4.99. The predicted molar refractivity (Wildman–Crippen MR) is 57.6 cm³/mol. The molecule has 1 aliphatic heterocycles. The lowest BCUT2D eigenvalue weighted by Crippen LogP contribution is -2.35. The van der Waals surface area contributed by atoms with Crippen molar-refractivity contribution in [3.05, 3.63) is 23.0 Å². The Hall–Kier alpha value is -1.78. The van der Waals surface area contributed by atoms with Gasteiger partial charge in [-0.05, 0) is 25.0 Å². The van der Waals surface area contributed by atoms with Gasteiger partial charge in [-0.2, -0.15) is 0 Å².